The predicted molar refractivity (Wildman–Crippen MR) is 133 cm³/mol. The molecule has 0 radical (unpaired) electrons. The van der Waals surface area contributed by atoms with Crippen LogP contribution in [-0.4, -0.2) is 10.9 Å². The number of pyridine rings is 1. The van der Waals surface area contributed by atoms with Crippen molar-refractivity contribution in [1.82, 2.24) is 4.98 Å². The summed E-state index contributed by atoms with van der Waals surface area (Å²) in [5.41, 5.74) is 3.94. The Morgan fingerprint density at radius 2 is 2.09 bits per heavy atom. The minimum Gasteiger partial charge on any atom is -0.312 e. The number of nitriles is 1. The zero-order valence-corrected chi connectivity index (χ0v) is 19.7. The molecule has 32 heavy (non-hydrogen) atoms. The number of amides is 1. The number of aromatic nitrogens is 1. The fourth-order valence-corrected chi connectivity index (χ4v) is 6.58. The summed E-state index contributed by atoms with van der Waals surface area (Å²) < 4.78 is 0. The fraction of sp³-hybridized carbons (Fsp3) is 0.269. The molecule has 160 valence electrons. The van der Waals surface area contributed by atoms with E-state index in [1.807, 2.05) is 36.4 Å². The van der Waals surface area contributed by atoms with Gasteiger partial charge in [0.15, 0.2) is 0 Å². The van der Waals surface area contributed by atoms with Gasteiger partial charge in [0.2, 0.25) is 0 Å². The molecule has 0 bridgehead atoms. The number of aryl methyl sites for hydroxylation is 1. The molecule has 1 atom stereocenters. The largest absolute Gasteiger partial charge is 0.312 e. The van der Waals surface area contributed by atoms with Crippen LogP contribution in [0.2, 0.25) is 0 Å². The molecule has 6 heteroatoms. The van der Waals surface area contributed by atoms with Gasteiger partial charge in [-0.15, -0.1) is 22.7 Å². The summed E-state index contributed by atoms with van der Waals surface area (Å²) in [4.78, 5) is 21.8. The van der Waals surface area contributed by atoms with Crippen LogP contribution in [0.15, 0.2) is 42.5 Å². The average Bonchev–Trinajstić information content (AvgIpc) is 3.40. The first kappa shape index (κ1) is 20.9. The Labute approximate surface area is 195 Å². The number of nitrogens with zero attached hydrogens (tertiary/aromatic N) is 2. The lowest BCUT2D eigenvalue weighted by Crippen LogP contribution is -2.13. The van der Waals surface area contributed by atoms with Crippen molar-refractivity contribution in [3.63, 3.8) is 0 Å². The van der Waals surface area contributed by atoms with Gasteiger partial charge >= 0.3 is 0 Å². The average molecular weight is 458 g/mol. The highest BCUT2D eigenvalue weighted by molar-refractivity contribution is 7.16. The van der Waals surface area contributed by atoms with E-state index in [0.717, 1.165) is 52.7 Å². The molecular formula is C26H23N3OS2. The Hall–Kier alpha value is -3.01. The van der Waals surface area contributed by atoms with E-state index in [-0.39, 0.29) is 5.91 Å². The molecule has 1 aliphatic carbocycles. The topological polar surface area (TPSA) is 65.8 Å². The van der Waals surface area contributed by atoms with Gasteiger partial charge in [-0.1, -0.05) is 31.5 Å². The molecule has 5 rings (SSSR count). The molecule has 3 heterocycles. The maximum absolute atomic E-state index is 13.5. The van der Waals surface area contributed by atoms with Gasteiger partial charge in [-0.3, -0.25) is 4.79 Å². The number of carbonyl (C=O) groups is 1. The molecule has 1 unspecified atom stereocenters. The maximum atomic E-state index is 13.5. The molecule has 0 saturated carbocycles. The third kappa shape index (κ3) is 3.72. The lowest BCUT2D eigenvalue weighted by molar-refractivity contribution is 0.102. The van der Waals surface area contributed by atoms with Crippen molar-refractivity contribution in [3.05, 3.63) is 68.9 Å². The molecule has 0 spiro atoms. The van der Waals surface area contributed by atoms with E-state index in [1.54, 1.807) is 22.7 Å². The smallest absolute Gasteiger partial charge is 0.257 e. The van der Waals surface area contributed by atoms with Gasteiger partial charge in [-0.25, -0.2) is 4.98 Å². The highest BCUT2D eigenvalue weighted by atomic mass is 32.1. The number of anilines is 1. The second-order valence-electron chi connectivity index (χ2n) is 8.27. The summed E-state index contributed by atoms with van der Waals surface area (Å²) in [5, 5.41) is 14.4. The third-order valence-electron chi connectivity index (χ3n) is 6.24. The molecule has 1 aromatic carbocycles. The molecule has 3 aromatic heterocycles. The molecular weight excluding hydrogens is 434 g/mol. The van der Waals surface area contributed by atoms with E-state index in [1.165, 1.54) is 9.75 Å². The normalized spacial score (nSPS) is 15.3. The fourth-order valence-electron chi connectivity index (χ4n) is 4.44. The standard InChI is InChI=1S/C26H23N3OS2/c1-3-16-9-10-18-20(14-27)26(32-24(18)12-16)29-25(30)19-13-22(23-11-8-15(2)31-23)28-21-7-5-4-6-17(19)21/h4-8,11,13,16H,3,9-10,12H2,1-2H3,(H,29,30). The first-order valence-electron chi connectivity index (χ1n) is 10.9. The second kappa shape index (κ2) is 8.50. The van der Waals surface area contributed by atoms with Gasteiger partial charge in [0.1, 0.15) is 11.1 Å². The zero-order chi connectivity index (χ0) is 22.2. The number of benzene rings is 1. The monoisotopic (exact) mass is 457 g/mol. The summed E-state index contributed by atoms with van der Waals surface area (Å²) in [5.74, 6) is 0.470. The van der Waals surface area contributed by atoms with Crippen LogP contribution < -0.4 is 5.32 Å². The molecule has 1 amide bonds. The van der Waals surface area contributed by atoms with E-state index < -0.39 is 0 Å². The highest BCUT2D eigenvalue weighted by Crippen LogP contribution is 2.40. The van der Waals surface area contributed by atoms with E-state index >= 15 is 0 Å². The van der Waals surface area contributed by atoms with Crippen LogP contribution in [-0.2, 0) is 12.8 Å². The minimum absolute atomic E-state index is 0.194. The van der Waals surface area contributed by atoms with Crippen molar-refractivity contribution in [2.45, 2.75) is 39.5 Å². The summed E-state index contributed by atoms with van der Waals surface area (Å²) in [7, 11) is 0. The zero-order valence-electron chi connectivity index (χ0n) is 18.1. The van der Waals surface area contributed by atoms with Gasteiger partial charge in [0, 0.05) is 15.1 Å². The number of hydrogen-bond donors (Lipinski definition) is 1. The lowest BCUT2D eigenvalue weighted by Gasteiger charge is -2.20. The van der Waals surface area contributed by atoms with E-state index in [2.05, 4.69) is 31.3 Å². The number of nitrogens with one attached hydrogen (secondary N) is 1. The third-order valence-corrected chi connectivity index (χ3v) is 8.43. The molecule has 4 aromatic rings. The number of hydrogen-bond acceptors (Lipinski definition) is 5. The summed E-state index contributed by atoms with van der Waals surface area (Å²) in [6, 6.07) is 16.1. The van der Waals surface area contributed by atoms with Crippen molar-refractivity contribution in [2.24, 2.45) is 5.92 Å². The van der Waals surface area contributed by atoms with Crippen LogP contribution in [0, 0.1) is 24.2 Å². The Balaban J connectivity index is 1.55. The second-order valence-corrected chi connectivity index (χ2v) is 10.7. The van der Waals surface area contributed by atoms with Crippen LogP contribution in [0.5, 0.6) is 0 Å². The van der Waals surface area contributed by atoms with Gasteiger partial charge in [-0.2, -0.15) is 5.26 Å². The SMILES string of the molecule is CCC1CCc2c(sc(NC(=O)c3cc(-c4ccc(C)s4)nc4ccccc34)c2C#N)C1. The van der Waals surface area contributed by atoms with Crippen LogP contribution in [0.4, 0.5) is 5.00 Å². The molecule has 4 nitrogen and oxygen atoms in total. The quantitative estimate of drug-likeness (QED) is 0.360. The Bertz CT molecular complexity index is 1380. The number of carbonyl (C=O) groups excluding carboxylic acids is 1. The Kier molecular flexibility index (Phi) is 5.54. The van der Waals surface area contributed by atoms with Crippen molar-refractivity contribution in [3.8, 4) is 16.6 Å². The number of thiophene rings is 2. The van der Waals surface area contributed by atoms with Crippen LogP contribution in [0.25, 0.3) is 21.5 Å². The van der Waals surface area contributed by atoms with E-state index in [4.69, 9.17) is 4.98 Å². The van der Waals surface area contributed by atoms with E-state index in [0.29, 0.717) is 22.0 Å². The molecule has 1 aliphatic rings. The summed E-state index contributed by atoms with van der Waals surface area (Å²) in [6.45, 7) is 4.28. The predicted octanol–water partition coefficient (Wildman–Crippen LogP) is 6.97. The molecule has 1 N–H and O–H groups in total. The van der Waals surface area contributed by atoms with E-state index in [9.17, 15) is 10.1 Å². The molecule has 0 fully saturated rings. The van der Waals surface area contributed by atoms with Crippen LogP contribution in [0.3, 0.4) is 0 Å². The highest BCUT2D eigenvalue weighted by Gasteiger charge is 2.26. The van der Waals surface area contributed by atoms with Crippen molar-refractivity contribution < 1.29 is 4.79 Å². The molecule has 0 saturated heterocycles. The van der Waals surface area contributed by atoms with Gasteiger partial charge in [-0.05, 0) is 61.9 Å². The number of rotatable bonds is 4. The Morgan fingerprint density at radius 1 is 1.25 bits per heavy atom. The maximum Gasteiger partial charge on any atom is 0.257 e. The van der Waals surface area contributed by atoms with Gasteiger partial charge in [0.05, 0.1) is 27.2 Å². The summed E-state index contributed by atoms with van der Waals surface area (Å²) >= 11 is 3.24. The Morgan fingerprint density at radius 3 is 2.84 bits per heavy atom. The van der Waals surface area contributed by atoms with Gasteiger partial charge in [0.25, 0.3) is 5.91 Å². The lowest BCUT2D eigenvalue weighted by atomic mass is 9.86. The first-order valence-corrected chi connectivity index (χ1v) is 12.5. The minimum atomic E-state index is -0.194. The first-order chi connectivity index (χ1) is 15.6. The summed E-state index contributed by atoms with van der Waals surface area (Å²) in [6.07, 6.45) is 4.18. The van der Waals surface area contributed by atoms with Crippen LogP contribution >= 0.6 is 22.7 Å². The molecule has 0 aliphatic heterocycles. The van der Waals surface area contributed by atoms with Crippen molar-refractivity contribution >= 4 is 44.5 Å². The number of fused-ring (bicyclic) bond motifs is 2. The van der Waals surface area contributed by atoms with Gasteiger partial charge < -0.3 is 5.32 Å². The van der Waals surface area contributed by atoms with Crippen molar-refractivity contribution in [1.29, 1.82) is 5.26 Å². The number of para-hydroxylation sites is 1. The van der Waals surface area contributed by atoms with Crippen molar-refractivity contribution in [2.75, 3.05) is 5.32 Å². The van der Waals surface area contributed by atoms with Crippen LogP contribution in [0.1, 0.15) is 51.0 Å².